The Balaban J connectivity index is 1.58. The van der Waals surface area contributed by atoms with Crippen molar-refractivity contribution in [1.82, 2.24) is 5.32 Å². The van der Waals surface area contributed by atoms with Crippen molar-refractivity contribution in [2.45, 2.75) is 25.2 Å². The van der Waals surface area contributed by atoms with Crippen LogP contribution in [-0.4, -0.2) is 19.7 Å². The first kappa shape index (κ1) is 12.9. The number of benzene rings is 2. The maximum Gasteiger partial charge on any atom is 0.119 e. The van der Waals surface area contributed by atoms with Gasteiger partial charge in [0.25, 0.3) is 0 Å². The van der Waals surface area contributed by atoms with Crippen LogP contribution in [0.1, 0.15) is 28.2 Å². The van der Waals surface area contributed by atoms with Crippen LogP contribution in [0.4, 0.5) is 0 Å². The highest BCUT2D eigenvalue weighted by molar-refractivity contribution is 5.53. The molecule has 1 fully saturated rings. The maximum absolute atomic E-state index is 6.17. The summed E-state index contributed by atoms with van der Waals surface area (Å²) in [4.78, 5) is 0. The molecule has 2 heteroatoms. The van der Waals surface area contributed by atoms with Crippen molar-refractivity contribution in [2.75, 3.05) is 19.7 Å². The molecule has 0 spiro atoms. The van der Waals surface area contributed by atoms with E-state index in [4.69, 9.17) is 4.74 Å². The molecule has 1 saturated heterocycles. The lowest BCUT2D eigenvalue weighted by molar-refractivity contribution is 0.190. The Kier molecular flexibility index (Phi) is 2.83. The van der Waals surface area contributed by atoms with Crippen molar-refractivity contribution in [3.8, 4) is 5.75 Å². The van der Waals surface area contributed by atoms with Crippen molar-refractivity contribution in [1.29, 1.82) is 0 Å². The molecule has 0 aromatic heterocycles. The van der Waals surface area contributed by atoms with Crippen molar-refractivity contribution in [2.24, 2.45) is 0 Å². The van der Waals surface area contributed by atoms with Crippen LogP contribution >= 0.6 is 0 Å². The second-order valence-electron chi connectivity index (χ2n) is 6.46. The molecule has 0 amide bonds. The smallest absolute Gasteiger partial charge is 0.119 e. The molecule has 0 saturated carbocycles. The molecular weight excluding hydrogens is 258 g/mol. The molecule has 1 N–H and O–H groups in total. The van der Waals surface area contributed by atoms with Crippen LogP contribution in [0.2, 0.25) is 0 Å². The minimum Gasteiger partial charge on any atom is -0.493 e. The average molecular weight is 279 g/mol. The van der Waals surface area contributed by atoms with E-state index in [1.807, 2.05) is 0 Å². The van der Waals surface area contributed by atoms with Gasteiger partial charge in [-0.05, 0) is 48.2 Å². The monoisotopic (exact) mass is 279 g/mol. The fraction of sp³-hybridized carbons (Fsp3) is 0.368. The maximum atomic E-state index is 6.17. The number of hydrogen-bond donors (Lipinski definition) is 1. The number of aryl methyl sites for hydroxylation is 2. The van der Waals surface area contributed by atoms with E-state index in [-0.39, 0.29) is 5.41 Å². The lowest BCUT2D eigenvalue weighted by Gasteiger charge is -2.46. The molecule has 21 heavy (non-hydrogen) atoms. The minimum atomic E-state index is 0.176. The van der Waals surface area contributed by atoms with E-state index in [0.717, 1.165) is 25.4 Å². The molecule has 0 unspecified atom stereocenters. The third-order valence-electron chi connectivity index (χ3n) is 5.30. The van der Waals surface area contributed by atoms with E-state index >= 15 is 0 Å². The zero-order chi connectivity index (χ0) is 14.4. The molecular formula is C19H21NO. The van der Waals surface area contributed by atoms with Gasteiger partial charge in [-0.1, -0.05) is 30.3 Å². The van der Waals surface area contributed by atoms with Crippen molar-refractivity contribution in [3.63, 3.8) is 0 Å². The van der Waals surface area contributed by atoms with Gasteiger partial charge in [-0.3, -0.25) is 0 Å². The van der Waals surface area contributed by atoms with E-state index in [2.05, 4.69) is 61.6 Å². The third-order valence-corrected chi connectivity index (χ3v) is 5.30. The van der Waals surface area contributed by atoms with E-state index in [0.29, 0.717) is 5.92 Å². The predicted octanol–water partition coefficient (Wildman–Crippen LogP) is 3.32. The Hall–Kier alpha value is -1.80. The van der Waals surface area contributed by atoms with Crippen LogP contribution in [0.5, 0.6) is 5.75 Å². The topological polar surface area (TPSA) is 21.3 Å². The number of fused-ring (bicyclic) bond motifs is 4. The summed E-state index contributed by atoms with van der Waals surface area (Å²) < 4.78 is 6.17. The molecule has 4 rings (SSSR count). The first-order valence-corrected chi connectivity index (χ1v) is 7.71. The van der Waals surface area contributed by atoms with E-state index < -0.39 is 0 Å². The van der Waals surface area contributed by atoms with Crippen LogP contribution in [0, 0.1) is 13.8 Å². The fourth-order valence-electron chi connectivity index (χ4n) is 3.87. The second kappa shape index (κ2) is 4.60. The molecule has 2 aliphatic rings. The van der Waals surface area contributed by atoms with E-state index in [1.165, 1.54) is 22.3 Å². The zero-order valence-electron chi connectivity index (χ0n) is 12.6. The Bertz CT molecular complexity index is 694. The molecule has 1 aliphatic carbocycles. The Morgan fingerprint density at radius 2 is 2.00 bits per heavy atom. The van der Waals surface area contributed by atoms with Crippen LogP contribution in [0.3, 0.4) is 0 Å². The van der Waals surface area contributed by atoms with Gasteiger partial charge in [-0.2, -0.15) is 0 Å². The summed E-state index contributed by atoms with van der Waals surface area (Å²) in [6.45, 7) is 7.15. The van der Waals surface area contributed by atoms with Crippen molar-refractivity contribution >= 4 is 0 Å². The van der Waals surface area contributed by atoms with Gasteiger partial charge in [0.05, 0.1) is 12.0 Å². The van der Waals surface area contributed by atoms with Crippen LogP contribution in [0.25, 0.3) is 0 Å². The molecule has 108 valence electrons. The summed E-state index contributed by atoms with van der Waals surface area (Å²) in [5, 5.41) is 3.55. The van der Waals surface area contributed by atoms with Gasteiger partial charge >= 0.3 is 0 Å². The van der Waals surface area contributed by atoms with Crippen LogP contribution in [-0.2, 0) is 5.41 Å². The van der Waals surface area contributed by atoms with Gasteiger partial charge in [0, 0.05) is 19.0 Å². The average Bonchev–Trinajstić information content (AvgIpc) is 2.86. The largest absolute Gasteiger partial charge is 0.493 e. The number of nitrogens with one attached hydrogen (secondary N) is 1. The summed E-state index contributed by atoms with van der Waals surface area (Å²) in [7, 11) is 0. The Labute approximate surface area is 126 Å². The molecule has 1 heterocycles. The summed E-state index contributed by atoms with van der Waals surface area (Å²) >= 11 is 0. The second-order valence-corrected chi connectivity index (χ2v) is 6.46. The standard InChI is InChI=1S/C19H21NO/c1-13-7-8-15(9-14(13)2)21-12-19-11-20-10-18(19)16-5-3-4-6-17(16)19/h3-9,18,20H,10-12H2,1-2H3/t18-,19-/m0/s1. The summed E-state index contributed by atoms with van der Waals surface area (Å²) in [5.74, 6) is 1.60. The quantitative estimate of drug-likeness (QED) is 0.930. The summed E-state index contributed by atoms with van der Waals surface area (Å²) in [6, 6.07) is 15.2. The fourth-order valence-corrected chi connectivity index (χ4v) is 3.87. The Morgan fingerprint density at radius 1 is 1.14 bits per heavy atom. The third kappa shape index (κ3) is 1.82. The molecule has 1 aliphatic heterocycles. The highest BCUT2D eigenvalue weighted by atomic mass is 16.5. The van der Waals surface area contributed by atoms with Gasteiger partial charge in [0.15, 0.2) is 0 Å². The first-order chi connectivity index (χ1) is 10.2. The summed E-state index contributed by atoms with van der Waals surface area (Å²) in [6.07, 6.45) is 0. The molecule has 2 aromatic rings. The molecule has 2 atom stereocenters. The number of ether oxygens (including phenoxy) is 1. The van der Waals surface area contributed by atoms with Gasteiger partial charge in [0.2, 0.25) is 0 Å². The zero-order valence-corrected chi connectivity index (χ0v) is 12.6. The van der Waals surface area contributed by atoms with Gasteiger partial charge < -0.3 is 10.1 Å². The predicted molar refractivity (Wildman–Crippen MR) is 85.1 cm³/mol. The van der Waals surface area contributed by atoms with E-state index in [1.54, 1.807) is 0 Å². The Morgan fingerprint density at radius 3 is 2.86 bits per heavy atom. The number of rotatable bonds is 3. The molecule has 2 nitrogen and oxygen atoms in total. The minimum absolute atomic E-state index is 0.176. The van der Waals surface area contributed by atoms with Gasteiger partial charge in [0.1, 0.15) is 5.75 Å². The first-order valence-electron chi connectivity index (χ1n) is 7.71. The lowest BCUT2D eigenvalue weighted by atomic mass is 9.58. The van der Waals surface area contributed by atoms with E-state index in [9.17, 15) is 0 Å². The van der Waals surface area contributed by atoms with Crippen LogP contribution < -0.4 is 10.1 Å². The normalized spacial score (nSPS) is 25.9. The van der Waals surface area contributed by atoms with Gasteiger partial charge in [-0.25, -0.2) is 0 Å². The molecule has 0 radical (unpaired) electrons. The summed E-state index contributed by atoms with van der Waals surface area (Å²) in [5.41, 5.74) is 5.76. The highest BCUT2D eigenvalue weighted by Crippen LogP contribution is 2.53. The van der Waals surface area contributed by atoms with Crippen molar-refractivity contribution in [3.05, 3.63) is 64.7 Å². The SMILES string of the molecule is Cc1ccc(OC[C@]23CNC[C@H]2c2ccccc23)cc1C. The van der Waals surface area contributed by atoms with Gasteiger partial charge in [-0.15, -0.1) is 0 Å². The molecule has 2 aromatic carbocycles. The lowest BCUT2D eigenvalue weighted by Crippen LogP contribution is -2.48. The van der Waals surface area contributed by atoms with Crippen LogP contribution in [0.15, 0.2) is 42.5 Å². The number of hydrogen-bond acceptors (Lipinski definition) is 2. The highest BCUT2D eigenvalue weighted by Gasteiger charge is 2.54. The molecule has 0 bridgehead atoms. The van der Waals surface area contributed by atoms with Crippen molar-refractivity contribution < 1.29 is 4.74 Å².